The molecule has 90 valence electrons. The first-order chi connectivity index (χ1) is 7.31. The molecule has 1 heteroatoms. The lowest BCUT2D eigenvalue weighted by molar-refractivity contribution is 0.163. The number of allylic oxidation sites excluding steroid dienone is 1. The van der Waals surface area contributed by atoms with Crippen molar-refractivity contribution in [2.24, 2.45) is 0 Å². The summed E-state index contributed by atoms with van der Waals surface area (Å²) in [5, 5.41) is 9.57. The molecule has 0 unspecified atom stereocenters. The summed E-state index contributed by atoms with van der Waals surface area (Å²) in [7, 11) is 0. The number of hydrogen-bond donors (Lipinski definition) is 1. The molecule has 0 radical (unpaired) electrons. The Morgan fingerprint density at radius 3 is 2.20 bits per heavy atom. The topological polar surface area (TPSA) is 20.2 Å². The van der Waals surface area contributed by atoms with Crippen molar-refractivity contribution in [3.8, 4) is 0 Å². The van der Waals surface area contributed by atoms with Gasteiger partial charge in [-0.1, -0.05) is 64.0 Å². The summed E-state index contributed by atoms with van der Waals surface area (Å²) in [5.74, 6) is 0. The molecule has 0 aliphatic carbocycles. The van der Waals surface area contributed by atoms with Crippen molar-refractivity contribution in [3.05, 3.63) is 12.2 Å². The molecule has 0 aliphatic rings. The summed E-state index contributed by atoms with van der Waals surface area (Å²) in [5.41, 5.74) is 0. The maximum Gasteiger partial charge on any atom is 0.0574 e. The Bertz CT molecular complexity index is 140. The van der Waals surface area contributed by atoms with Crippen LogP contribution in [0.4, 0.5) is 0 Å². The van der Waals surface area contributed by atoms with Crippen molar-refractivity contribution in [2.75, 3.05) is 0 Å². The van der Waals surface area contributed by atoms with E-state index < -0.39 is 0 Å². The van der Waals surface area contributed by atoms with Gasteiger partial charge < -0.3 is 5.11 Å². The highest BCUT2D eigenvalue weighted by molar-refractivity contribution is 4.79. The van der Waals surface area contributed by atoms with Gasteiger partial charge >= 0.3 is 0 Å². The third-order valence-electron chi connectivity index (χ3n) is 2.78. The number of aliphatic hydroxyl groups excluding tert-OH is 1. The minimum Gasteiger partial charge on any atom is -0.393 e. The van der Waals surface area contributed by atoms with Crippen LogP contribution < -0.4 is 0 Å². The first-order valence-corrected chi connectivity index (χ1v) is 6.60. The van der Waals surface area contributed by atoms with E-state index in [1.807, 2.05) is 19.1 Å². The third kappa shape index (κ3) is 11.6. The van der Waals surface area contributed by atoms with E-state index in [0.717, 1.165) is 12.8 Å². The number of aliphatic hydroxyl groups is 1. The molecule has 0 aromatic carbocycles. The van der Waals surface area contributed by atoms with E-state index in [1.54, 1.807) is 0 Å². The van der Waals surface area contributed by atoms with Crippen molar-refractivity contribution in [3.63, 3.8) is 0 Å². The highest BCUT2D eigenvalue weighted by Gasteiger charge is 2.00. The lowest BCUT2D eigenvalue weighted by Gasteiger charge is -2.07. The van der Waals surface area contributed by atoms with E-state index in [2.05, 4.69) is 6.92 Å². The molecule has 0 spiro atoms. The van der Waals surface area contributed by atoms with Crippen LogP contribution in [0.2, 0.25) is 0 Å². The minimum atomic E-state index is -0.114. The van der Waals surface area contributed by atoms with Crippen molar-refractivity contribution in [1.82, 2.24) is 0 Å². The molecule has 0 rings (SSSR count). The van der Waals surface area contributed by atoms with Gasteiger partial charge in [0.15, 0.2) is 0 Å². The van der Waals surface area contributed by atoms with Crippen LogP contribution in [0.25, 0.3) is 0 Å². The number of hydrogen-bond acceptors (Lipinski definition) is 1. The monoisotopic (exact) mass is 212 g/mol. The van der Waals surface area contributed by atoms with Gasteiger partial charge in [-0.25, -0.2) is 0 Å². The molecule has 0 aliphatic heterocycles. The molecular weight excluding hydrogens is 184 g/mol. The van der Waals surface area contributed by atoms with Gasteiger partial charge in [0, 0.05) is 0 Å². The summed E-state index contributed by atoms with van der Waals surface area (Å²) in [4.78, 5) is 0. The lowest BCUT2D eigenvalue weighted by atomic mass is 10.0. The normalized spacial score (nSPS) is 13.5. The molecule has 0 bridgehead atoms. The smallest absolute Gasteiger partial charge is 0.0574 e. The van der Waals surface area contributed by atoms with Gasteiger partial charge in [-0.15, -0.1) is 0 Å². The average molecular weight is 212 g/mol. The van der Waals surface area contributed by atoms with Crippen LogP contribution in [0.3, 0.4) is 0 Å². The summed E-state index contributed by atoms with van der Waals surface area (Å²) in [6, 6.07) is 0. The zero-order valence-electron chi connectivity index (χ0n) is 10.5. The second kappa shape index (κ2) is 11.8. The van der Waals surface area contributed by atoms with Gasteiger partial charge in [0.05, 0.1) is 6.10 Å². The standard InChI is InChI=1S/C14H28O/c1-3-5-7-8-9-10-11-13-14(15)12-6-4-2/h4,6,14-15H,3,5,7-13H2,1-2H3/b6-4+/t14-/m1/s1. The molecular formula is C14H28O. The summed E-state index contributed by atoms with van der Waals surface area (Å²) >= 11 is 0. The van der Waals surface area contributed by atoms with Crippen molar-refractivity contribution < 1.29 is 5.11 Å². The molecule has 1 N–H and O–H groups in total. The Balaban J connectivity index is 3.09. The van der Waals surface area contributed by atoms with Gasteiger partial charge in [0.1, 0.15) is 0 Å². The Hall–Kier alpha value is -0.300. The van der Waals surface area contributed by atoms with Gasteiger partial charge in [-0.2, -0.15) is 0 Å². The first-order valence-electron chi connectivity index (χ1n) is 6.60. The van der Waals surface area contributed by atoms with Crippen molar-refractivity contribution in [2.45, 2.75) is 77.7 Å². The quantitative estimate of drug-likeness (QED) is 0.419. The van der Waals surface area contributed by atoms with E-state index in [-0.39, 0.29) is 6.10 Å². The zero-order chi connectivity index (χ0) is 11.4. The maximum absolute atomic E-state index is 9.57. The Labute approximate surface area is 95.6 Å². The summed E-state index contributed by atoms with van der Waals surface area (Å²) in [6.45, 7) is 4.25. The van der Waals surface area contributed by atoms with Crippen LogP contribution in [-0.2, 0) is 0 Å². The highest BCUT2D eigenvalue weighted by Crippen LogP contribution is 2.11. The maximum atomic E-state index is 9.57. The van der Waals surface area contributed by atoms with Crippen molar-refractivity contribution in [1.29, 1.82) is 0 Å². The van der Waals surface area contributed by atoms with Gasteiger partial charge in [0.25, 0.3) is 0 Å². The fraction of sp³-hybridized carbons (Fsp3) is 0.857. The minimum absolute atomic E-state index is 0.114. The predicted octanol–water partition coefficient (Wildman–Crippen LogP) is 4.45. The number of unbranched alkanes of at least 4 members (excludes halogenated alkanes) is 6. The van der Waals surface area contributed by atoms with Crippen LogP contribution in [-0.4, -0.2) is 11.2 Å². The van der Waals surface area contributed by atoms with E-state index in [0.29, 0.717) is 0 Å². The molecule has 1 nitrogen and oxygen atoms in total. The summed E-state index contributed by atoms with van der Waals surface area (Å²) < 4.78 is 0. The fourth-order valence-corrected chi connectivity index (χ4v) is 1.75. The van der Waals surface area contributed by atoms with Crippen LogP contribution in [0.15, 0.2) is 12.2 Å². The Morgan fingerprint density at radius 2 is 1.60 bits per heavy atom. The third-order valence-corrected chi connectivity index (χ3v) is 2.78. The lowest BCUT2D eigenvalue weighted by Crippen LogP contribution is -2.04. The zero-order valence-corrected chi connectivity index (χ0v) is 10.5. The molecule has 0 saturated carbocycles. The summed E-state index contributed by atoms with van der Waals surface area (Å²) in [6.07, 6.45) is 15.0. The fourth-order valence-electron chi connectivity index (χ4n) is 1.75. The highest BCUT2D eigenvalue weighted by atomic mass is 16.3. The van der Waals surface area contributed by atoms with Gasteiger partial charge in [-0.3, -0.25) is 0 Å². The molecule has 0 aromatic heterocycles. The van der Waals surface area contributed by atoms with Crippen LogP contribution in [0, 0.1) is 0 Å². The molecule has 0 fully saturated rings. The van der Waals surface area contributed by atoms with Gasteiger partial charge in [-0.05, 0) is 19.8 Å². The van der Waals surface area contributed by atoms with Crippen molar-refractivity contribution >= 4 is 0 Å². The molecule has 15 heavy (non-hydrogen) atoms. The second-order valence-electron chi connectivity index (χ2n) is 4.37. The molecule has 0 amide bonds. The molecule has 1 atom stereocenters. The Morgan fingerprint density at radius 1 is 1.00 bits per heavy atom. The Kier molecular flexibility index (Phi) is 11.5. The van der Waals surface area contributed by atoms with Crippen LogP contribution in [0.1, 0.15) is 71.6 Å². The predicted molar refractivity (Wildman–Crippen MR) is 68.0 cm³/mol. The van der Waals surface area contributed by atoms with E-state index in [4.69, 9.17) is 0 Å². The number of rotatable bonds is 10. The van der Waals surface area contributed by atoms with Crippen LogP contribution >= 0.6 is 0 Å². The van der Waals surface area contributed by atoms with E-state index in [9.17, 15) is 5.11 Å². The molecule has 0 saturated heterocycles. The molecule has 0 aromatic rings. The van der Waals surface area contributed by atoms with E-state index in [1.165, 1.54) is 44.9 Å². The van der Waals surface area contributed by atoms with E-state index >= 15 is 0 Å². The molecule has 0 heterocycles. The van der Waals surface area contributed by atoms with Crippen LogP contribution in [0.5, 0.6) is 0 Å². The SMILES string of the molecule is C/C=C/C[C@@H](O)CCCCCCCCC. The van der Waals surface area contributed by atoms with Gasteiger partial charge in [0.2, 0.25) is 0 Å². The largest absolute Gasteiger partial charge is 0.393 e. The first kappa shape index (κ1) is 14.7. The average Bonchev–Trinajstić information content (AvgIpc) is 2.25. The second-order valence-corrected chi connectivity index (χ2v) is 4.37.